The fourth-order valence-corrected chi connectivity index (χ4v) is 3.24. The van der Waals surface area contributed by atoms with Crippen molar-refractivity contribution in [3.05, 3.63) is 102 Å². The maximum Gasteiger partial charge on any atom is 0.161 e. The summed E-state index contributed by atoms with van der Waals surface area (Å²) in [4.78, 5) is 4.53. The molecule has 0 spiro atoms. The molecule has 144 valence electrons. The quantitative estimate of drug-likeness (QED) is 0.358. The molecule has 4 rings (SSSR count). The Labute approximate surface area is 171 Å². The number of rotatable bonds is 6. The van der Waals surface area contributed by atoms with Crippen LogP contribution in [0.3, 0.4) is 0 Å². The standard InChI is InChI=1S/C26H23NO2/c1-19-10-13-23(14-11-19)27-17-20-12-15-25(26(16-20)28-2)29-18-22-8-5-7-21-6-3-4-9-24(21)22/h3-17H,18H2,1-2H3. The Morgan fingerprint density at radius 2 is 1.62 bits per heavy atom. The number of benzene rings is 4. The molecule has 4 aromatic rings. The zero-order chi connectivity index (χ0) is 20.1. The molecule has 0 saturated heterocycles. The highest BCUT2D eigenvalue weighted by atomic mass is 16.5. The van der Waals surface area contributed by atoms with Crippen molar-refractivity contribution in [2.45, 2.75) is 13.5 Å². The van der Waals surface area contributed by atoms with Crippen LogP contribution >= 0.6 is 0 Å². The first-order chi connectivity index (χ1) is 14.2. The van der Waals surface area contributed by atoms with Gasteiger partial charge in [-0.3, -0.25) is 4.99 Å². The second-order valence-electron chi connectivity index (χ2n) is 6.93. The van der Waals surface area contributed by atoms with Gasteiger partial charge in [0.1, 0.15) is 6.61 Å². The number of ether oxygens (including phenoxy) is 2. The van der Waals surface area contributed by atoms with Crippen molar-refractivity contribution in [2.24, 2.45) is 4.99 Å². The molecular weight excluding hydrogens is 358 g/mol. The second kappa shape index (κ2) is 8.61. The maximum atomic E-state index is 6.08. The number of aryl methyl sites for hydroxylation is 1. The minimum absolute atomic E-state index is 0.481. The van der Waals surface area contributed by atoms with Crippen LogP contribution in [0, 0.1) is 6.92 Å². The Balaban J connectivity index is 1.51. The molecule has 4 aromatic carbocycles. The van der Waals surface area contributed by atoms with E-state index < -0.39 is 0 Å². The van der Waals surface area contributed by atoms with Crippen molar-refractivity contribution in [3.63, 3.8) is 0 Å². The lowest BCUT2D eigenvalue weighted by atomic mass is 10.1. The first-order valence-corrected chi connectivity index (χ1v) is 9.61. The molecule has 0 fully saturated rings. The van der Waals surface area contributed by atoms with Gasteiger partial charge in [-0.05, 0) is 59.2 Å². The molecule has 0 aliphatic carbocycles. The lowest BCUT2D eigenvalue weighted by Gasteiger charge is -2.12. The van der Waals surface area contributed by atoms with Gasteiger partial charge in [0.05, 0.1) is 12.8 Å². The molecule has 0 unspecified atom stereocenters. The summed E-state index contributed by atoms with van der Waals surface area (Å²) in [5, 5.41) is 2.42. The van der Waals surface area contributed by atoms with Crippen LogP contribution in [-0.2, 0) is 6.61 Å². The summed E-state index contributed by atoms with van der Waals surface area (Å²) < 4.78 is 11.6. The monoisotopic (exact) mass is 381 g/mol. The lowest BCUT2D eigenvalue weighted by Crippen LogP contribution is -1.99. The largest absolute Gasteiger partial charge is 0.493 e. The van der Waals surface area contributed by atoms with Crippen LogP contribution in [-0.4, -0.2) is 13.3 Å². The Morgan fingerprint density at radius 3 is 2.45 bits per heavy atom. The molecule has 3 nitrogen and oxygen atoms in total. The number of nitrogens with zero attached hydrogens (tertiary/aromatic N) is 1. The summed E-state index contributed by atoms with van der Waals surface area (Å²) >= 11 is 0. The van der Waals surface area contributed by atoms with Crippen molar-refractivity contribution < 1.29 is 9.47 Å². The van der Waals surface area contributed by atoms with E-state index in [0.717, 1.165) is 16.8 Å². The summed E-state index contributed by atoms with van der Waals surface area (Å²) in [5.41, 5.74) is 4.25. The predicted molar refractivity (Wildman–Crippen MR) is 120 cm³/mol. The van der Waals surface area contributed by atoms with Gasteiger partial charge >= 0.3 is 0 Å². The molecule has 0 aliphatic heterocycles. The lowest BCUT2D eigenvalue weighted by molar-refractivity contribution is 0.285. The van der Waals surface area contributed by atoms with Gasteiger partial charge in [-0.15, -0.1) is 0 Å². The molecule has 0 N–H and O–H groups in total. The third-order valence-corrected chi connectivity index (χ3v) is 4.85. The molecule has 0 bridgehead atoms. The summed E-state index contributed by atoms with van der Waals surface area (Å²) in [6.45, 7) is 2.55. The Kier molecular flexibility index (Phi) is 5.57. The van der Waals surface area contributed by atoms with Crippen LogP contribution in [0.5, 0.6) is 11.5 Å². The summed E-state index contributed by atoms with van der Waals surface area (Å²) in [7, 11) is 1.65. The van der Waals surface area contributed by atoms with Gasteiger partial charge in [-0.2, -0.15) is 0 Å². The molecule has 0 aromatic heterocycles. The fraction of sp³-hybridized carbons (Fsp3) is 0.115. The van der Waals surface area contributed by atoms with Crippen LogP contribution in [0.15, 0.2) is 89.9 Å². The molecule has 0 aliphatic rings. The summed E-state index contributed by atoms with van der Waals surface area (Å²) in [5.74, 6) is 1.41. The van der Waals surface area contributed by atoms with E-state index in [1.54, 1.807) is 7.11 Å². The van der Waals surface area contributed by atoms with E-state index in [1.807, 2.05) is 42.6 Å². The van der Waals surface area contributed by atoms with Crippen molar-refractivity contribution in [2.75, 3.05) is 7.11 Å². The number of fused-ring (bicyclic) bond motifs is 1. The average Bonchev–Trinajstić information content (AvgIpc) is 2.77. The van der Waals surface area contributed by atoms with Gasteiger partial charge in [-0.1, -0.05) is 60.2 Å². The fourth-order valence-electron chi connectivity index (χ4n) is 3.24. The van der Waals surface area contributed by atoms with E-state index in [4.69, 9.17) is 9.47 Å². The van der Waals surface area contributed by atoms with Crippen molar-refractivity contribution in [3.8, 4) is 11.5 Å². The van der Waals surface area contributed by atoms with Crippen LogP contribution in [0.25, 0.3) is 10.8 Å². The predicted octanol–water partition coefficient (Wildman–Crippen LogP) is 6.49. The van der Waals surface area contributed by atoms with Crippen molar-refractivity contribution in [1.29, 1.82) is 0 Å². The van der Waals surface area contributed by atoms with E-state index in [0.29, 0.717) is 18.1 Å². The first-order valence-electron chi connectivity index (χ1n) is 9.61. The smallest absolute Gasteiger partial charge is 0.161 e. The average molecular weight is 381 g/mol. The molecule has 0 saturated carbocycles. The molecular formula is C26H23NO2. The van der Waals surface area contributed by atoms with E-state index in [2.05, 4.69) is 60.4 Å². The van der Waals surface area contributed by atoms with E-state index >= 15 is 0 Å². The van der Waals surface area contributed by atoms with Gasteiger partial charge < -0.3 is 9.47 Å². The minimum Gasteiger partial charge on any atom is -0.493 e. The Bertz CT molecular complexity index is 1140. The van der Waals surface area contributed by atoms with E-state index in [-0.39, 0.29) is 0 Å². The molecule has 0 amide bonds. The normalized spacial score (nSPS) is 11.1. The third-order valence-electron chi connectivity index (χ3n) is 4.85. The van der Waals surface area contributed by atoms with Gasteiger partial charge in [0, 0.05) is 6.21 Å². The third kappa shape index (κ3) is 4.46. The highest BCUT2D eigenvalue weighted by Gasteiger charge is 2.07. The highest BCUT2D eigenvalue weighted by Crippen LogP contribution is 2.29. The zero-order valence-electron chi connectivity index (χ0n) is 16.6. The zero-order valence-corrected chi connectivity index (χ0v) is 16.6. The van der Waals surface area contributed by atoms with Gasteiger partial charge in [0.15, 0.2) is 11.5 Å². The van der Waals surface area contributed by atoms with Crippen LogP contribution in [0.4, 0.5) is 5.69 Å². The summed E-state index contributed by atoms with van der Waals surface area (Å²) in [6, 6.07) is 28.6. The minimum atomic E-state index is 0.481. The first kappa shape index (κ1) is 18.8. The van der Waals surface area contributed by atoms with Crippen LogP contribution in [0.2, 0.25) is 0 Å². The maximum absolute atomic E-state index is 6.08. The van der Waals surface area contributed by atoms with Crippen molar-refractivity contribution >= 4 is 22.7 Å². The molecule has 29 heavy (non-hydrogen) atoms. The van der Waals surface area contributed by atoms with E-state index in [9.17, 15) is 0 Å². The molecule has 0 atom stereocenters. The number of hydrogen-bond acceptors (Lipinski definition) is 3. The Hall–Kier alpha value is -3.59. The number of hydrogen-bond donors (Lipinski definition) is 0. The molecule has 3 heteroatoms. The highest BCUT2D eigenvalue weighted by molar-refractivity contribution is 5.85. The van der Waals surface area contributed by atoms with Crippen LogP contribution in [0.1, 0.15) is 16.7 Å². The summed E-state index contributed by atoms with van der Waals surface area (Å²) in [6.07, 6.45) is 1.83. The van der Waals surface area contributed by atoms with Crippen molar-refractivity contribution in [1.82, 2.24) is 0 Å². The Morgan fingerprint density at radius 1 is 0.828 bits per heavy atom. The van der Waals surface area contributed by atoms with Gasteiger partial charge in [0.2, 0.25) is 0 Å². The molecule has 0 heterocycles. The van der Waals surface area contributed by atoms with Gasteiger partial charge in [-0.25, -0.2) is 0 Å². The SMILES string of the molecule is COc1cc(C=Nc2ccc(C)cc2)ccc1OCc1cccc2ccccc12. The molecule has 0 radical (unpaired) electrons. The number of aliphatic imine (C=N–C) groups is 1. The van der Waals surface area contributed by atoms with E-state index in [1.165, 1.54) is 16.3 Å². The number of methoxy groups -OCH3 is 1. The topological polar surface area (TPSA) is 30.8 Å². The van der Waals surface area contributed by atoms with Crippen LogP contribution < -0.4 is 9.47 Å². The second-order valence-corrected chi connectivity index (χ2v) is 6.93. The van der Waals surface area contributed by atoms with Gasteiger partial charge in [0.25, 0.3) is 0 Å².